The highest BCUT2D eigenvalue weighted by Gasteiger charge is 2.09. The molecule has 0 aliphatic rings. The maximum Gasteiger partial charge on any atom is 0.134 e. The van der Waals surface area contributed by atoms with Crippen LogP contribution in [0.4, 0.5) is 0 Å². The predicted octanol–water partition coefficient (Wildman–Crippen LogP) is 5.89. The molecule has 0 fully saturated rings. The van der Waals surface area contributed by atoms with Crippen LogP contribution >= 0.6 is 0 Å². The summed E-state index contributed by atoms with van der Waals surface area (Å²) in [6.45, 7) is 0. The zero-order chi connectivity index (χ0) is 13.8. The van der Waals surface area contributed by atoms with Crippen LogP contribution < -0.4 is 0 Å². The normalized spacial score (nSPS) is 11.8. The minimum atomic E-state index is 0.933. The van der Waals surface area contributed by atoms with E-state index in [1.54, 1.807) is 6.26 Å². The molecular formula is C20H12O. The minimum absolute atomic E-state index is 0.933. The number of benzene rings is 3. The molecule has 1 nitrogen and oxygen atoms in total. The van der Waals surface area contributed by atoms with E-state index >= 15 is 0 Å². The standard InChI is InChI=1S/C20H12O/c1-2-5-15-14(4-1)12-18-16(15)9-7-13-8-10-19-17(20(13)18)6-3-11-21-19/h1-12H. The predicted molar refractivity (Wildman–Crippen MR) is 88.7 cm³/mol. The summed E-state index contributed by atoms with van der Waals surface area (Å²) in [4.78, 5) is 0. The molecule has 0 unspecified atom stereocenters. The molecule has 0 atom stereocenters. The molecule has 1 aromatic heterocycles. The first-order valence-corrected chi connectivity index (χ1v) is 7.12. The van der Waals surface area contributed by atoms with Gasteiger partial charge in [0, 0.05) is 10.8 Å². The summed E-state index contributed by atoms with van der Waals surface area (Å²) in [6, 6.07) is 23.6. The Hall–Kier alpha value is -2.80. The van der Waals surface area contributed by atoms with Gasteiger partial charge in [0.15, 0.2) is 0 Å². The van der Waals surface area contributed by atoms with E-state index in [4.69, 9.17) is 4.42 Å². The van der Waals surface area contributed by atoms with Gasteiger partial charge in [0.2, 0.25) is 0 Å². The Morgan fingerprint density at radius 3 is 2.43 bits per heavy atom. The van der Waals surface area contributed by atoms with Crippen molar-refractivity contribution in [2.24, 2.45) is 0 Å². The van der Waals surface area contributed by atoms with E-state index in [0.29, 0.717) is 0 Å². The van der Waals surface area contributed by atoms with Gasteiger partial charge in [0.25, 0.3) is 0 Å². The van der Waals surface area contributed by atoms with Crippen LogP contribution in [0.5, 0.6) is 0 Å². The van der Waals surface area contributed by atoms with Crippen LogP contribution in [-0.2, 0) is 0 Å². The van der Waals surface area contributed by atoms with Crippen LogP contribution in [0.3, 0.4) is 0 Å². The molecule has 0 radical (unpaired) electrons. The number of fused-ring (bicyclic) bond motifs is 7. The highest BCUT2D eigenvalue weighted by molar-refractivity contribution is 6.26. The van der Waals surface area contributed by atoms with Gasteiger partial charge in [0.05, 0.1) is 6.26 Å². The molecule has 0 spiro atoms. The van der Waals surface area contributed by atoms with Crippen LogP contribution in [0.2, 0.25) is 0 Å². The highest BCUT2D eigenvalue weighted by atomic mass is 16.3. The molecule has 5 rings (SSSR count). The van der Waals surface area contributed by atoms with Gasteiger partial charge < -0.3 is 4.42 Å². The van der Waals surface area contributed by atoms with Gasteiger partial charge in [-0.3, -0.25) is 0 Å². The fourth-order valence-corrected chi connectivity index (χ4v) is 3.38. The smallest absolute Gasteiger partial charge is 0.134 e. The Bertz CT molecular complexity index is 1130. The van der Waals surface area contributed by atoms with Crippen molar-refractivity contribution < 1.29 is 4.42 Å². The lowest BCUT2D eigenvalue weighted by molar-refractivity contribution is 0.604. The van der Waals surface area contributed by atoms with Crippen molar-refractivity contribution in [3.63, 3.8) is 0 Å². The molecule has 0 bridgehead atoms. The van der Waals surface area contributed by atoms with Gasteiger partial charge >= 0.3 is 0 Å². The summed E-state index contributed by atoms with van der Waals surface area (Å²) in [6.07, 6.45) is 1.73. The van der Waals surface area contributed by atoms with Gasteiger partial charge in [-0.2, -0.15) is 0 Å². The van der Waals surface area contributed by atoms with E-state index in [-0.39, 0.29) is 0 Å². The molecule has 1 heterocycles. The Morgan fingerprint density at radius 2 is 1.43 bits per heavy atom. The van der Waals surface area contributed by atoms with Crippen molar-refractivity contribution in [3.05, 3.63) is 73.0 Å². The second-order valence-corrected chi connectivity index (χ2v) is 5.45. The Kier molecular flexibility index (Phi) is 2.01. The first kappa shape index (κ1) is 10.9. The maximum absolute atomic E-state index is 5.64. The molecule has 0 saturated heterocycles. The molecule has 0 aliphatic carbocycles. The zero-order valence-electron chi connectivity index (χ0n) is 11.3. The molecule has 98 valence electrons. The van der Waals surface area contributed by atoms with Crippen molar-refractivity contribution in [2.75, 3.05) is 0 Å². The average Bonchev–Trinajstić information content (AvgIpc) is 2.93. The van der Waals surface area contributed by atoms with E-state index in [0.717, 1.165) is 5.58 Å². The average molecular weight is 268 g/mol. The molecule has 4 aromatic carbocycles. The van der Waals surface area contributed by atoms with Crippen LogP contribution in [0.25, 0.3) is 43.3 Å². The Balaban J connectivity index is 2.14. The quantitative estimate of drug-likeness (QED) is 0.319. The van der Waals surface area contributed by atoms with Crippen LogP contribution in [0.1, 0.15) is 0 Å². The topological polar surface area (TPSA) is 13.1 Å². The first-order valence-electron chi connectivity index (χ1n) is 7.12. The lowest BCUT2D eigenvalue weighted by atomic mass is 10.0. The molecule has 21 heavy (non-hydrogen) atoms. The molecule has 0 amide bonds. The zero-order valence-corrected chi connectivity index (χ0v) is 11.3. The minimum Gasteiger partial charge on any atom is -0.464 e. The number of hydrogen-bond donors (Lipinski definition) is 0. The van der Waals surface area contributed by atoms with E-state index < -0.39 is 0 Å². The van der Waals surface area contributed by atoms with E-state index in [2.05, 4.69) is 54.6 Å². The fourth-order valence-electron chi connectivity index (χ4n) is 3.38. The lowest BCUT2D eigenvalue weighted by Gasteiger charge is -2.05. The lowest BCUT2D eigenvalue weighted by Crippen LogP contribution is -1.78. The summed E-state index contributed by atoms with van der Waals surface area (Å²) < 4.78 is 5.64. The van der Waals surface area contributed by atoms with E-state index in [1.165, 1.54) is 37.7 Å². The largest absolute Gasteiger partial charge is 0.464 e. The van der Waals surface area contributed by atoms with Crippen LogP contribution in [0.15, 0.2) is 77.4 Å². The SMILES string of the molecule is c1ccc2c(c1)cc1c2ccc2ccc3occcc3c21. The van der Waals surface area contributed by atoms with Crippen LogP contribution in [0, 0.1) is 0 Å². The second kappa shape index (κ2) is 3.86. The van der Waals surface area contributed by atoms with E-state index in [1.807, 2.05) is 12.1 Å². The molecule has 0 N–H and O–H groups in total. The first-order chi connectivity index (χ1) is 10.4. The molecule has 0 aliphatic heterocycles. The van der Waals surface area contributed by atoms with E-state index in [9.17, 15) is 0 Å². The van der Waals surface area contributed by atoms with Gasteiger partial charge in [-0.15, -0.1) is 0 Å². The summed E-state index contributed by atoms with van der Waals surface area (Å²) in [7, 11) is 0. The maximum atomic E-state index is 5.64. The summed E-state index contributed by atoms with van der Waals surface area (Å²) in [5.74, 6) is 0. The summed E-state index contributed by atoms with van der Waals surface area (Å²) in [5.41, 5.74) is 0.933. The van der Waals surface area contributed by atoms with Crippen molar-refractivity contribution >= 4 is 43.3 Å². The van der Waals surface area contributed by atoms with Gasteiger partial charge in [-0.1, -0.05) is 42.5 Å². The van der Waals surface area contributed by atoms with Gasteiger partial charge in [-0.05, 0) is 51.2 Å². The fraction of sp³-hybridized carbons (Fsp3) is 0. The summed E-state index contributed by atoms with van der Waals surface area (Å²) >= 11 is 0. The van der Waals surface area contributed by atoms with Crippen molar-refractivity contribution in [1.29, 1.82) is 0 Å². The number of rotatable bonds is 0. The van der Waals surface area contributed by atoms with Gasteiger partial charge in [-0.25, -0.2) is 0 Å². The van der Waals surface area contributed by atoms with Crippen LogP contribution in [-0.4, -0.2) is 0 Å². The van der Waals surface area contributed by atoms with Gasteiger partial charge in [0.1, 0.15) is 5.58 Å². The monoisotopic (exact) mass is 268 g/mol. The second-order valence-electron chi connectivity index (χ2n) is 5.45. The Morgan fingerprint density at radius 1 is 0.571 bits per heavy atom. The van der Waals surface area contributed by atoms with Crippen molar-refractivity contribution in [3.8, 4) is 0 Å². The Labute approximate surface area is 121 Å². The third kappa shape index (κ3) is 1.40. The molecule has 1 heteroatoms. The van der Waals surface area contributed by atoms with Crippen molar-refractivity contribution in [2.45, 2.75) is 0 Å². The summed E-state index contributed by atoms with van der Waals surface area (Å²) in [5, 5.41) is 8.95. The molecule has 5 aromatic rings. The number of hydrogen-bond acceptors (Lipinski definition) is 1. The molecular weight excluding hydrogens is 256 g/mol. The third-order valence-electron chi connectivity index (χ3n) is 4.31. The third-order valence-corrected chi connectivity index (χ3v) is 4.31. The van der Waals surface area contributed by atoms with Crippen molar-refractivity contribution in [1.82, 2.24) is 0 Å². The highest BCUT2D eigenvalue weighted by Crippen LogP contribution is 2.37. The molecule has 0 saturated carbocycles.